The quantitative estimate of drug-likeness (QED) is 0.692. The van der Waals surface area contributed by atoms with Crippen LogP contribution in [0, 0.1) is 0 Å². The number of nitrogens with one attached hydrogen (secondary N) is 2. The molecule has 1 heterocycles. The third-order valence-electron chi connectivity index (χ3n) is 4.45. The molecule has 0 saturated heterocycles. The van der Waals surface area contributed by atoms with E-state index < -0.39 is 11.7 Å². The Balaban J connectivity index is 1.60. The van der Waals surface area contributed by atoms with E-state index in [1.165, 1.54) is 42.8 Å². The van der Waals surface area contributed by atoms with E-state index in [1.54, 1.807) is 0 Å². The first-order valence-electron chi connectivity index (χ1n) is 9.15. The minimum absolute atomic E-state index is 0.0574. The van der Waals surface area contributed by atoms with Crippen LogP contribution in [-0.2, 0) is 6.18 Å². The summed E-state index contributed by atoms with van der Waals surface area (Å²) >= 11 is 0. The number of allylic oxidation sites excluding steroid dienone is 1. The van der Waals surface area contributed by atoms with Crippen LogP contribution in [0.1, 0.15) is 48.2 Å². The van der Waals surface area contributed by atoms with Crippen LogP contribution < -0.4 is 10.6 Å². The van der Waals surface area contributed by atoms with Gasteiger partial charge < -0.3 is 10.6 Å². The van der Waals surface area contributed by atoms with E-state index in [-0.39, 0.29) is 23.2 Å². The second kappa shape index (κ2) is 8.86. The first-order chi connectivity index (χ1) is 13.4. The Labute approximate surface area is 161 Å². The van der Waals surface area contributed by atoms with Gasteiger partial charge in [-0.1, -0.05) is 17.7 Å². The molecular formula is C20H21F3N4O. The van der Waals surface area contributed by atoms with Crippen molar-refractivity contribution in [3.63, 3.8) is 0 Å². The van der Waals surface area contributed by atoms with Crippen LogP contribution in [0.25, 0.3) is 0 Å². The molecule has 3 rings (SSSR count). The van der Waals surface area contributed by atoms with Gasteiger partial charge in [0.15, 0.2) is 0 Å². The third-order valence-corrected chi connectivity index (χ3v) is 4.45. The molecule has 28 heavy (non-hydrogen) atoms. The van der Waals surface area contributed by atoms with E-state index in [2.05, 4.69) is 26.7 Å². The van der Waals surface area contributed by atoms with Gasteiger partial charge in [0, 0.05) is 18.4 Å². The normalized spacial score (nSPS) is 14.3. The summed E-state index contributed by atoms with van der Waals surface area (Å²) in [7, 11) is 0. The lowest BCUT2D eigenvalue weighted by atomic mass is 9.97. The summed E-state index contributed by atoms with van der Waals surface area (Å²) < 4.78 is 38.4. The summed E-state index contributed by atoms with van der Waals surface area (Å²) in [6.45, 7) is 0.519. The maximum Gasteiger partial charge on any atom is 0.416 e. The number of benzene rings is 1. The summed E-state index contributed by atoms with van der Waals surface area (Å²) in [5.41, 5.74) is 0.934. The van der Waals surface area contributed by atoms with Crippen molar-refractivity contribution in [1.82, 2.24) is 15.3 Å². The highest BCUT2D eigenvalue weighted by Crippen LogP contribution is 2.31. The summed E-state index contributed by atoms with van der Waals surface area (Å²) in [6, 6.07) is 6.18. The van der Waals surface area contributed by atoms with Gasteiger partial charge in [-0.2, -0.15) is 13.2 Å². The van der Waals surface area contributed by atoms with E-state index in [1.807, 2.05) is 0 Å². The van der Waals surface area contributed by atoms with Gasteiger partial charge in [0.25, 0.3) is 5.91 Å². The number of carbonyl (C=O) groups excluding carboxylic acids is 1. The van der Waals surface area contributed by atoms with E-state index in [4.69, 9.17) is 0 Å². The zero-order valence-electron chi connectivity index (χ0n) is 15.2. The van der Waals surface area contributed by atoms with Gasteiger partial charge in [-0.15, -0.1) is 0 Å². The van der Waals surface area contributed by atoms with Crippen molar-refractivity contribution in [3.8, 4) is 0 Å². The predicted molar refractivity (Wildman–Crippen MR) is 100 cm³/mol. The Morgan fingerprint density at radius 2 is 2.04 bits per heavy atom. The van der Waals surface area contributed by atoms with E-state index in [0.717, 1.165) is 31.4 Å². The van der Waals surface area contributed by atoms with Crippen LogP contribution in [-0.4, -0.2) is 22.4 Å². The van der Waals surface area contributed by atoms with Crippen molar-refractivity contribution >= 4 is 17.5 Å². The van der Waals surface area contributed by atoms with Crippen LogP contribution in [0.3, 0.4) is 0 Å². The molecule has 0 spiro atoms. The minimum Gasteiger partial charge on any atom is -0.350 e. The van der Waals surface area contributed by atoms with E-state index in [0.29, 0.717) is 6.54 Å². The number of anilines is 2. The lowest BCUT2D eigenvalue weighted by Gasteiger charge is -2.13. The number of halogens is 3. The zero-order valence-corrected chi connectivity index (χ0v) is 15.2. The monoisotopic (exact) mass is 390 g/mol. The Morgan fingerprint density at radius 3 is 2.79 bits per heavy atom. The molecule has 1 amide bonds. The van der Waals surface area contributed by atoms with Crippen LogP contribution in [0.5, 0.6) is 0 Å². The topological polar surface area (TPSA) is 66.9 Å². The van der Waals surface area contributed by atoms with Gasteiger partial charge in [-0.25, -0.2) is 9.97 Å². The van der Waals surface area contributed by atoms with Crippen molar-refractivity contribution in [2.24, 2.45) is 0 Å². The molecule has 0 saturated carbocycles. The molecule has 5 nitrogen and oxygen atoms in total. The molecule has 0 aliphatic heterocycles. The molecule has 0 fully saturated rings. The van der Waals surface area contributed by atoms with Crippen molar-refractivity contribution in [1.29, 1.82) is 0 Å². The molecular weight excluding hydrogens is 369 g/mol. The third kappa shape index (κ3) is 5.55. The standard InChI is InChI=1S/C20H21F3N4O/c21-20(22,23)15-7-4-8-16(13-15)26-19-25-12-10-17(27-19)18(28)24-11-9-14-5-2-1-3-6-14/h4-5,7-8,10,12-13H,1-3,6,9,11H2,(H,24,28)(H,25,26,27). The first-order valence-corrected chi connectivity index (χ1v) is 9.15. The van der Waals surface area contributed by atoms with Crippen LogP contribution in [0.2, 0.25) is 0 Å². The molecule has 0 bridgehead atoms. The second-order valence-electron chi connectivity index (χ2n) is 6.58. The number of hydrogen-bond acceptors (Lipinski definition) is 4. The molecule has 2 N–H and O–H groups in total. The Morgan fingerprint density at radius 1 is 1.18 bits per heavy atom. The van der Waals surface area contributed by atoms with Crippen LogP contribution >= 0.6 is 0 Å². The largest absolute Gasteiger partial charge is 0.416 e. The number of hydrogen-bond donors (Lipinski definition) is 2. The molecule has 0 atom stereocenters. The first kappa shape index (κ1) is 19.9. The molecule has 1 aliphatic rings. The molecule has 1 aliphatic carbocycles. The lowest BCUT2D eigenvalue weighted by molar-refractivity contribution is -0.137. The SMILES string of the molecule is O=C(NCCC1=CCCCC1)c1ccnc(Nc2cccc(C(F)(F)F)c2)n1. The maximum atomic E-state index is 12.8. The van der Waals surface area contributed by atoms with E-state index in [9.17, 15) is 18.0 Å². The Kier molecular flexibility index (Phi) is 6.28. The summed E-state index contributed by atoms with van der Waals surface area (Å²) in [4.78, 5) is 20.3. The highest BCUT2D eigenvalue weighted by molar-refractivity contribution is 5.92. The van der Waals surface area contributed by atoms with Gasteiger partial charge in [0.1, 0.15) is 5.69 Å². The number of rotatable bonds is 6. The van der Waals surface area contributed by atoms with Gasteiger partial charge in [-0.3, -0.25) is 4.79 Å². The molecule has 1 aromatic heterocycles. The summed E-state index contributed by atoms with van der Waals surface area (Å²) in [5, 5.41) is 5.53. The fourth-order valence-electron chi connectivity index (χ4n) is 3.01. The van der Waals surface area contributed by atoms with Crippen molar-refractivity contribution in [3.05, 3.63) is 59.4 Å². The van der Waals surface area contributed by atoms with Gasteiger partial charge in [0.2, 0.25) is 5.95 Å². The Hall–Kier alpha value is -2.90. The van der Waals surface area contributed by atoms with Crippen LogP contribution in [0.4, 0.5) is 24.8 Å². The lowest BCUT2D eigenvalue weighted by Crippen LogP contribution is -2.26. The Bertz CT molecular complexity index is 865. The molecule has 8 heteroatoms. The molecule has 0 unspecified atom stereocenters. The maximum absolute atomic E-state index is 12.8. The van der Waals surface area contributed by atoms with Gasteiger partial charge in [-0.05, 0) is 56.4 Å². The summed E-state index contributed by atoms with van der Waals surface area (Å²) in [5.74, 6) is -0.284. The molecule has 1 aromatic carbocycles. The van der Waals surface area contributed by atoms with E-state index >= 15 is 0 Å². The average molecular weight is 390 g/mol. The number of amides is 1. The van der Waals surface area contributed by atoms with Crippen molar-refractivity contribution in [2.75, 3.05) is 11.9 Å². The highest BCUT2D eigenvalue weighted by Gasteiger charge is 2.30. The second-order valence-corrected chi connectivity index (χ2v) is 6.58. The number of alkyl halides is 3. The fourth-order valence-corrected chi connectivity index (χ4v) is 3.01. The fraction of sp³-hybridized carbons (Fsp3) is 0.350. The average Bonchev–Trinajstić information content (AvgIpc) is 2.68. The highest BCUT2D eigenvalue weighted by atomic mass is 19.4. The summed E-state index contributed by atoms with van der Waals surface area (Å²) in [6.07, 6.45) is 4.59. The molecule has 148 valence electrons. The van der Waals surface area contributed by atoms with Crippen LogP contribution in [0.15, 0.2) is 48.2 Å². The number of carbonyl (C=O) groups is 1. The molecule has 2 aromatic rings. The smallest absolute Gasteiger partial charge is 0.350 e. The van der Waals surface area contributed by atoms with Gasteiger partial charge >= 0.3 is 6.18 Å². The number of aromatic nitrogens is 2. The van der Waals surface area contributed by atoms with Crippen molar-refractivity contribution < 1.29 is 18.0 Å². The van der Waals surface area contributed by atoms with Gasteiger partial charge in [0.05, 0.1) is 5.56 Å². The molecule has 0 radical (unpaired) electrons. The zero-order chi connectivity index (χ0) is 20.0. The van der Waals surface area contributed by atoms with Crippen molar-refractivity contribution in [2.45, 2.75) is 38.3 Å². The predicted octanol–water partition coefficient (Wildman–Crippen LogP) is 4.86. The minimum atomic E-state index is -4.44. The number of nitrogens with zero attached hydrogens (tertiary/aromatic N) is 2.